The number of benzene rings is 2. The number of aromatic nitrogens is 1. The van der Waals surface area contributed by atoms with Crippen LogP contribution in [0.5, 0.6) is 0 Å². The van der Waals surface area contributed by atoms with Crippen molar-refractivity contribution in [2.45, 2.75) is 56.5 Å². The molecule has 8 nitrogen and oxygen atoms in total. The van der Waals surface area contributed by atoms with E-state index in [1.54, 1.807) is 7.05 Å². The Hall–Kier alpha value is -2.91. The highest BCUT2D eigenvalue weighted by molar-refractivity contribution is 7.89. The molecule has 1 aromatic heterocycles. The number of oxazole rings is 1. The number of rotatable bonds is 7. The highest BCUT2D eigenvalue weighted by atomic mass is 32.2. The first-order chi connectivity index (χ1) is 16.2. The Morgan fingerprint density at radius 1 is 1.15 bits per heavy atom. The van der Waals surface area contributed by atoms with Crippen molar-refractivity contribution in [1.82, 2.24) is 14.6 Å². The molecule has 182 valence electrons. The number of hydrogen-bond donors (Lipinski definition) is 2. The maximum absolute atomic E-state index is 13.3. The second-order valence-corrected chi connectivity index (χ2v) is 11.0. The summed E-state index contributed by atoms with van der Waals surface area (Å²) >= 11 is 0. The van der Waals surface area contributed by atoms with Crippen molar-refractivity contribution < 1.29 is 17.6 Å². The Bertz CT molecular complexity index is 1330. The number of amides is 1. The van der Waals surface area contributed by atoms with Crippen LogP contribution in [0.4, 0.5) is 0 Å². The zero-order chi connectivity index (χ0) is 24.5. The van der Waals surface area contributed by atoms with E-state index < -0.39 is 21.8 Å². The lowest BCUT2D eigenvalue weighted by Crippen LogP contribution is -2.53. The van der Waals surface area contributed by atoms with Gasteiger partial charge in [0.15, 0.2) is 5.58 Å². The first kappa shape index (κ1) is 24.2. The van der Waals surface area contributed by atoms with Gasteiger partial charge in [0.2, 0.25) is 15.9 Å². The van der Waals surface area contributed by atoms with Crippen LogP contribution in [0.25, 0.3) is 11.1 Å². The van der Waals surface area contributed by atoms with Gasteiger partial charge in [-0.2, -0.15) is 4.72 Å². The third-order valence-corrected chi connectivity index (χ3v) is 8.47. The summed E-state index contributed by atoms with van der Waals surface area (Å²) < 4.78 is 35.6. The molecule has 0 radical (unpaired) electrons. The number of fused-ring (bicyclic) bond motifs is 1. The van der Waals surface area contributed by atoms with Crippen molar-refractivity contribution in [3.8, 4) is 0 Å². The third kappa shape index (κ3) is 5.10. The SMILES string of the molecule is CC1CCCC(NC(=O)C(Cc2ccccc2)NS(=O)(=O)c2ccc3c(c2)oc(=O)n3C)C1C. The molecule has 0 bridgehead atoms. The predicted molar refractivity (Wildman–Crippen MR) is 130 cm³/mol. The van der Waals surface area contributed by atoms with E-state index in [0.29, 0.717) is 17.4 Å². The van der Waals surface area contributed by atoms with E-state index >= 15 is 0 Å². The molecule has 0 spiro atoms. The van der Waals surface area contributed by atoms with Crippen LogP contribution < -0.4 is 15.8 Å². The molecule has 2 N–H and O–H groups in total. The summed E-state index contributed by atoms with van der Waals surface area (Å²) in [6, 6.07) is 12.6. The van der Waals surface area contributed by atoms with Gasteiger partial charge >= 0.3 is 5.76 Å². The fourth-order valence-corrected chi connectivity index (χ4v) is 5.85. The Balaban J connectivity index is 1.60. The number of aryl methyl sites for hydroxylation is 1. The first-order valence-electron chi connectivity index (χ1n) is 11.6. The van der Waals surface area contributed by atoms with E-state index in [0.717, 1.165) is 24.8 Å². The summed E-state index contributed by atoms with van der Waals surface area (Å²) in [5.41, 5.74) is 1.51. The molecule has 4 rings (SSSR count). The van der Waals surface area contributed by atoms with Crippen molar-refractivity contribution in [3.05, 3.63) is 64.6 Å². The molecule has 1 heterocycles. The molecular weight excluding hydrogens is 454 g/mol. The van der Waals surface area contributed by atoms with Crippen molar-refractivity contribution in [2.24, 2.45) is 18.9 Å². The van der Waals surface area contributed by atoms with E-state index in [1.807, 2.05) is 30.3 Å². The highest BCUT2D eigenvalue weighted by Gasteiger charge is 2.32. The summed E-state index contributed by atoms with van der Waals surface area (Å²) in [7, 11) is -2.52. The van der Waals surface area contributed by atoms with Crippen molar-refractivity contribution >= 4 is 27.0 Å². The number of nitrogens with zero attached hydrogens (tertiary/aromatic N) is 1. The molecule has 1 fully saturated rings. The van der Waals surface area contributed by atoms with Gasteiger partial charge in [-0.15, -0.1) is 0 Å². The van der Waals surface area contributed by atoms with Crippen LogP contribution in [0.3, 0.4) is 0 Å². The second kappa shape index (κ2) is 9.76. The van der Waals surface area contributed by atoms with Gasteiger partial charge in [0.1, 0.15) is 6.04 Å². The Kier molecular flexibility index (Phi) is 6.95. The van der Waals surface area contributed by atoms with E-state index in [4.69, 9.17) is 4.42 Å². The van der Waals surface area contributed by atoms with Gasteiger partial charge in [-0.3, -0.25) is 9.36 Å². The molecule has 4 unspecified atom stereocenters. The highest BCUT2D eigenvalue weighted by Crippen LogP contribution is 2.29. The van der Waals surface area contributed by atoms with Crippen molar-refractivity contribution in [3.63, 3.8) is 0 Å². The fourth-order valence-electron chi connectivity index (χ4n) is 4.64. The van der Waals surface area contributed by atoms with Crippen LogP contribution in [0.1, 0.15) is 38.7 Å². The summed E-state index contributed by atoms with van der Waals surface area (Å²) in [5.74, 6) is -0.106. The van der Waals surface area contributed by atoms with Crippen molar-refractivity contribution in [2.75, 3.05) is 0 Å². The lowest BCUT2D eigenvalue weighted by molar-refractivity contribution is -0.124. The summed E-state index contributed by atoms with van der Waals surface area (Å²) in [6.07, 6.45) is 3.26. The normalized spacial score (nSPS) is 21.9. The van der Waals surface area contributed by atoms with Crippen LogP contribution in [-0.4, -0.2) is 31.0 Å². The van der Waals surface area contributed by atoms with Gasteiger partial charge in [0, 0.05) is 19.2 Å². The van der Waals surface area contributed by atoms with Crippen LogP contribution in [-0.2, 0) is 28.3 Å². The second-order valence-electron chi connectivity index (χ2n) is 9.30. The van der Waals surface area contributed by atoms with Gasteiger partial charge in [-0.05, 0) is 42.4 Å². The minimum absolute atomic E-state index is 0.00831. The minimum Gasteiger partial charge on any atom is -0.408 e. The quantitative estimate of drug-likeness (QED) is 0.535. The summed E-state index contributed by atoms with van der Waals surface area (Å²) in [5, 5.41) is 3.10. The standard InChI is InChI=1S/C25H31N3O5S/c1-16-8-7-11-20(17(16)2)26-24(29)21(14-18-9-5-4-6-10-18)27-34(31,32)19-12-13-22-23(15-19)33-25(30)28(22)3/h4-6,9-10,12-13,15-17,20-21,27H,7-8,11,14H2,1-3H3,(H,26,29). The summed E-state index contributed by atoms with van der Waals surface area (Å²) in [4.78, 5) is 25.1. The minimum atomic E-state index is -4.07. The van der Waals surface area contributed by atoms with Crippen molar-refractivity contribution in [1.29, 1.82) is 0 Å². The first-order valence-corrected chi connectivity index (χ1v) is 13.1. The number of hydrogen-bond acceptors (Lipinski definition) is 5. The van der Waals surface area contributed by atoms with E-state index in [1.165, 1.54) is 22.8 Å². The zero-order valence-corrected chi connectivity index (χ0v) is 20.5. The van der Waals surface area contributed by atoms with Gasteiger partial charge in [-0.25, -0.2) is 13.2 Å². The average Bonchev–Trinajstić information content (AvgIpc) is 3.10. The molecule has 4 atom stereocenters. The Labute approximate surface area is 199 Å². The lowest BCUT2D eigenvalue weighted by atomic mass is 9.78. The fraction of sp³-hybridized carbons (Fsp3) is 0.440. The number of carbonyl (C=O) groups is 1. The Morgan fingerprint density at radius 2 is 1.88 bits per heavy atom. The predicted octanol–water partition coefficient (Wildman–Crippen LogP) is 2.96. The molecule has 0 aliphatic heterocycles. The smallest absolute Gasteiger partial charge is 0.408 e. The maximum Gasteiger partial charge on any atom is 0.419 e. The Morgan fingerprint density at radius 3 is 2.62 bits per heavy atom. The van der Waals surface area contributed by atoms with Gasteiger partial charge in [0.25, 0.3) is 0 Å². The van der Waals surface area contributed by atoms with Gasteiger partial charge in [0.05, 0.1) is 10.4 Å². The molecule has 1 amide bonds. The molecule has 34 heavy (non-hydrogen) atoms. The van der Waals surface area contributed by atoms with Crippen LogP contribution >= 0.6 is 0 Å². The molecule has 1 aliphatic rings. The number of sulfonamides is 1. The van der Waals surface area contributed by atoms with Crippen LogP contribution in [0, 0.1) is 11.8 Å². The molecule has 9 heteroatoms. The lowest BCUT2D eigenvalue weighted by Gasteiger charge is -2.35. The summed E-state index contributed by atoms with van der Waals surface area (Å²) in [6.45, 7) is 4.32. The topological polar surface area (TPSA) is 110 Å². The monoisotopic (exact) mass is 485 g/mol. The van der Waals surface area contributed by atoms with Gasteiger partial charge < -0.3 is 9.73 Å². The molecule has 0 saturated heterocycles. The molecule has 3 aromatic rings. The average molecular weight is 486 g/mol. The molecule has 2 aromatic carbocycles. The van der Waals surface area contributed by atoms with E-state index in [9.17, 15) is 18.0 Å². The largest absolute Gasteiger partial charge is 0.419 e. The molecular formula is C25H31N3O5S. The third-order valence-electron chi connectivity index (χ3n) is 7.01. The number of carbonyl (C=O) groups excluding carboxylic acids is 1. The molecule has 1 saturated carbocycles. The van der Waals surface area contributed by atoms with Crippen LogP contribution in [0.2, 0.25) is 0 Å². The van der Waals surface area contributed by atoms with Crippen LogP contribution in [0.15, 0.2) is 62.6 Å². The number of nitrogens with one attached hydrogen (secondary N) is 2. The maximum atomic E-state index is 13.3. The zero-order valence-electron chi connectivity index (χ0n) is 19.7. The van der Waals surface area contributed by atoms with Gasteiger partial charge in [-0.1, -0.05) is 57.0 Å². The molecule has 1 aliphatic carbocycles. The van der Waals surface area contributed by atoms with E-state index in [2.05, 4.69) is 23.9 Å². The van der Waals surface area contributed by atoms with E-state index in [-0.39, 0.29) is 28.8 Å².